The smallest absolute Gasteiger partial charge is 0.141 e. The lowest BCUT2D eigenvalue weighted by molar-refractivity contribution is 0.554. The second kappa shape index (κ2) is 6.16. The van der Waals surface area contributed by atoms with Crippen LogP contribution in [0.3, 0.4) is 0 Å². The number of hydrogen-bond acceptors (Lipinski definition) is 4. The van der Waals surface area contributed by atoms with Crippen LogP contribution in [0.15, 0.2) is 42.6 Å². The fraction of sp³-hybridized carbons (Fsp3) is 0.389. The Labute approximate surface area is 135 Å². The summed E-state index contributed by atoms with van der Waals surface area (Å²) in [7, 11) is 0. The lowest BCUT2D eigenvalue weighted by atomic mass is 10.1. The molecule has 1 saturated heterocycles. The summed E-state index contributed by atoms with van der Waals surface area (Å²) < 4.78 is 13.1. The molecule has 5 heteroatoms. The van der Waals surface area contributed by atoms with Crippen LogP contribution in [0.25, 0.3) is 0 Å². The Morgan fingerprint density at radius 1 is 1.13 bits per heavy atom. The van der Waals surface area contributed by atoms with Crippen molar-refractivity contribution in [1.82, 2.24) is 10.3 Å². The Kier molecular flexibility index (Phi) is 3.87. The Balaban J connectivity index is 1.62. The van der Waals surface area contributed by atoms with E-state index in [0.29, 0.717) is 0 Å². The first-order valence-electron chi connectivity index (χ1n) is 8.25. The Bertz CT molecular complexity index is 667. The van der Waals surface area contributed by atoms with Crippen molar-refractivity contribution >= 4 is 17.2 Å². The molecule has 0 amide bonds. The number of benzene rings is 1. The molecule has 4 nitrogen and oxygen atoms in total. The molecule has 120 valence electrons. The molecule has 0 aliphatic carbocycles. The van der Waals surface area contributed by atoms with Crippen LogP contribution in [0, 0.1) is 11.7 Å². The zero-order valence-electron chi connectivity index (χ0n) is 13.1. The number of halogens is 1. The van der Waals surface area contributed by atoms with Gasteiger partial charge in [-0.15, -0.1) is 0 Å². The summed E-state index contributed by atoms with van der Waals surface area (Å²) in [5, 5.41) is 3.44. The quantitative estimate of drug-likeness (QED) is 0.944. The maximum Gasteiger partial charge on any atom is 0.141 e. The molecule has 2 aliphatic rings. The largest absolute Gasteiger partial charge is 0.368 e. The van der Waals surface area contributed by atoms with Crippen LogP contribution in [0.5, 0.6) is 0 Å². The number of rotatable bonds is 3. The van der Waals surface area contributed by atoms with E-state index in [-0.39, 0.29) is 5.82 Å². The van der Waals surface area contributed by atoms with E-state index >= 15 is 0 Å². The fourth-order valence-electron chi connectivity index (χ4n) is 3.56. The number of pyridine rings is 1. The zero-order chi connectivity index (χ0) is 15.6. The normalized spacial score (nSPS) is 20.7. The van der Waals surface area contributed by atoms with Crippen LogP contribution >= 0.6 is 0 Å². The Hall–Kier alpha value is -2.14. The number of hydrogen-bond donors (Lipinski definition) is 1. The summed E-state index contributed by atoms with van der Waals surface area (Å²) in [6.45, 7) is 5.17. The fourth-order valence-corrected chi connectivity index (χ4v) is 3.56. The third kappa shape index (κ3) is 2.88. The third-order valence-corrected chi connectivity index (χ3v) is 4.74. The first-order valence-corrected chi connectivity index (χ1v) is 8.25. The minimum Gasteiger partial charge on any atom is -0.368 e. The van der Waals surface area contributed by atoms with Gasteiger partial charge in [-0.1, -0.05) is 12.1 Å². The predicted octanol–water partition coefficient (Wildman–Crippen LogP) is 2.79. The van der Waals surface area contributed by atoms with Gasteiger partial charge in [-0.05, 0) is 49.7 Å². The predicted molar refractivity (Wildman–Crippen MR) is 90.8 cm³/mol. The molecule has 3 heterocycles. The Morgan fingerprint density at radius 2 is 2.00 bits per heavy atom. The molecule has 1 fully saturated rings. The van der Waals surface area contributed by atoms with Crippen LogP contribution in [0.1, 0.15) is 6.42 Å². The molecule has 1 N–H and O–H groups in total. The highest BCUT2D eigenvalue weighted by Gasteiger charge is 2.26. The molecule has 1 unspecified atom stereocenters. The number of aromatic nitrogens is 1. The lowest BCUT2D eigenvalue weighted by Gasteiger charge is -2.39. The van der Waals surface area contributed by atoms with Crippen molar-refractivity contribution in [2.75, 3.05) is 42.5 Å². The number of nitrogens with one attached hydrogen (secondary N) is 1. The first kappa shape index (κ1) is 14.5. The maximum atomic E-state index is 13.1. The minimum absolute atomic E-state index is 0.297. The molecule has 0 bridgehead atoms. The highest BCUT2D eigenvalue weighted by atomic mass is 19.1. The van der Waals surface area contributed by atoms with Gasteiger partial charge in [0.05, 0.1) is 17.6 Å². The first-order chi connectivity index (χ1) is 11.3. The molecule has 4 rings (SSSR count). The molecule has 1 aromatic heterocycles. The van der Waals surface area contributed by atoms with Crippen LogP contribution in [0.4, 0.5) is 21.6 Å². The van der Waals surface area contributed by atoms with E-state index in [1.165, 1.54) is 24.4 Å². The maximum absolute atomic E-state index is 13.1. The van der Waals surface area contributed by atoms with Crippen molar-refractivity contribution in [1.29, 1.82) is 0 Å². The topological polar surface area (TPSA) is 31.4 Å². The molecule has 23 heavy (non-hydrogen) atoms. The molecule has 1 atom stereocenters. The van der Waals surface area contributed by atoms with E-state index in [9.17, 15) is 4.39 Å². The molecule has 2 aliphatic heterocycles. The van der Waals surface area contributed by atoms with Gasteiger partial charge in [0.15, 0.2) is 0 Å². The van der Waals surface area contributed by atoms with Crippen LogP contribution in [-0.2, 0) is 0 Å². The summed E-state index contributed by atoms with van der Waals surface area (Å²) in [6, 6.07) is 11.7. The average Bonchev–Trinajstić information content (AvgIpc) is 3.09. The third-order valence-electron chi connectivity index (χ3n) is 4.74. The summed E-state index contributed by atoms with van der Waals surface area (Å²) >= 11 is 0. The van der Waals surface area contributed by atoms with Crippen molar-refractivity contribution in [2.24, 2.45) is 5.92 Å². The van der Waals surface area contributed by atoms with Gasteiger partial charge in [-0.25, -0.2) is 9.37 Å². The summed E-state index contributed by atoms with van der Waals surface area (Å²) in [5.41, 5.74) is 2.40. The minimum atomic E-state index is -0.297. The van der Waals surface area contributed by atoms with Gasteiger partial charge in [-0.3, -0.25) is 0 Å². The lowest BCUT2D eigenvalue weighted by Crippen LogP contribution is -2.41. The van der Waals surface area contributed by atoms with Crippen molar-refractivity contribution < 1.29 is 4.39 Å². The molecular formula is C18H21FN4. The second-order valence-electron chi connectivity index (χ2n) is 6.28. The van der Waals surface area contributed by atoms with Gasteiger partial charge >= 0.3 is 0 Å². The molecule has 0 radical (unpaired) electrons. The van der Waals surface area contributed by atoms with Crippen molar-refractivity contribution in [3.05, 3.63) is 48.4 Å². The van der Waals surface area contributed by atoms with Gasteiger partial charge in [0.2, 0.25) is 0 Å². The number of fused-ring (bicyclic) bond motifs is 1. The van der Waals surface area contributed by atoms with Gasteiger partial charge in [-0.2, -0.15) is 0 Å². The zero-order valence-corrected chi connectivity index (χ0v) is 13.1. The highest BCUT2D eigenvalue weighted by molar-refractivity contribution is 5.78. The van der Waals surface area contributed by atoms with Gasteiger partial charge in [0.1, 0.15) is 11.6 Å². The standard InChI is InChI=1S/C18H21FN4/c19-15-5-6-18(21-12-15)23-10-9-22(13-14-7-8-20-11-14)16-3-1-2-4-17(16)23/h1-6,12,14,20H,7-11,13H2. The molecule has 0 saturated carbocycles. The van der Waals surface area contributed by atoms with E-state index < -0.39 is 0 Å². The van der Waals surface area contributed by atoms with E-state index in [1.54, 1.807) is 6.07 Å². The second-order valence-corrected chi connectivity index (χ2v) is 6.28. The van der Waals surface area contributed by atoms with Gasteiger partial charge < -0.3 is 15.1 Å². The van der Waals surface area contributed by atoms with Crippen LogP contribution in [-0.4, -0.2) is 37.7 Å². The van der Waals surface area contributed by atoms with E-state index in [2.05, 4.69) is 44.4 Å². The van der Waals surface area contributed by atoms with Crippen LogP contribution < -0.4 is 15.1 Å². The monoisotopic (exact) mass is 312 g/mol. The van der Waals surface area contributed by atoms with Crippen molar-refractivity contribution in [3.8, 4) is 0 Å². The van der Waals surface area contributed by atoms with Crippen LogP contribution in [0.2, 0.25) is 0 Å². The van der Waals surface area contributed by atoms with Gasteiger partial charge in [0.25, 0.3) is 0 Å². The summed E-state index contributed by atoms with van der Waals surface area (Å²) in [5.74, 6) is 1.23. The van der Waals surface area contributed by atoms with E-state index in [0.717, 1.165) is 50.1 Å². The van der Waals surface area contributed by atoms with Crippen molar-refractivity contribution in [3.63, 3.8) is 0 Å². The SMILES string of the molecule is Fc1ccc(N2CCN(CC3CCNC3)c3ccccc32)nc1. The molecule has 1 aromatic carbocycles. The van der Waals surface area contributed by atoms with E-state index in [4.69, 9.17) is 0 Å². The number of nitrogens with zero attached hydrogens (tertiary/aromatic N) is 3. The summed E-state index contributed by atoms with van der Waals surface area (Å²) in [4.78, 5) is 8.91. The van der Waals surface area contributed by atoms with Crippen molar-refractivity contribution in [2.45, 2.75) is 6.42 Å². The molecule has 0 spiro atoms. The number of anilines is 3. The Morgan fingerprint density at radius 3 is 2.74 bits per heavy atom. The highest BCUT2D eigenvalue weighted by Crippen LogP contribution is 2.37. The average molecular weight is 312 g/mol. The molecular weight excluding hydrogens is 291 g/mol. The van der Waals surface area contributed by atoms with Gasteiger partial charge in [0, 0.05) is 19.6 Å². The summed E-state index contributed by atoms with van der Waals surface area (Å²) in [6.07, 6.45) is 2.54. The van der Waals surface area contributed by atoms with E-state index in [1.807, 2.05) is 0 Å². The number of para-hydroxylation sites is 2. The molecule has 2 aromatic rings.